The quantitative estimate of drug-likeness (QED) is 0.680. The predicted molar refractivity (Wildman–Crippen MR) is 76.6 cm³/mol. The van der Waals surface area contributed by atoms with Crippen LogP contribution in [0, 0.1) is 17.7 Å². The molecule has 1 fully saturated rings. The van der Waals surface area contributed by atoms with Crippen LogP contribution in [0.1, 0.15) is 28.9 Å². The van der Waals surface area contributed by atoms with E-state index >= 15 is 0 Å². The summed E-state index contributed by atoms with van der Waals surface area (Å²) < 4.78 is 29.2. The van der Waals surface area contributed by atoms with Crippen molar-refractivity contribution in [1.82, 2.24) is 0 Å². The average Bonchev–Trinajstić information content (AvgIpc) is 2.67. The molecule has 2 bridgehead atoms. The summed E-state index contributed by atoms with van der Waals surface area (Å²) in [5, 5.41) is 0. The number of Topliss-reactive ketones (excluding diaryl/α,β-unsaturated/α-hetero) is 1. The van der Waals surface area contributed by atoms with Crippen LogP contribution < -0.4 is 0 Å². The second-order valence-corrected chi connectivity index (χ2v) is 6.09. The zero-order valence-electron chi connectivity index (χ0n) is 12.7. The number of methoxy groups -OCH3 is 2. The molecule has 3 nitrogen and oxygen atoms in total. The standard InChI is InChI=1S/C13H18Br2O3/c1-4-5-6-7-8-10(14)11(15)9(12(7)16)13(8,17-2)18-3/h7-9H,4-6H2,1-3H3/t7-,8?,9?/m0/s1/i8D,9D. The van der Waals surface area contributed by atoms with Crippen molar-refractivity contribution in [1.29, 1.82) is 0 Å². The minimum absolute atomic E-state index is 0.306. The molecule has 18 heavy (non-hydrogen) atoms. The van der Waals surface area contributed by atoms with E-state index < -0.39 is 23.5 Å². The number of fused-ring (bicyclic) bond motifs is 2. The van der Waals surface area contributed by atoms with Gasteiger partial charge in [0.05, 0.1) is 5.89 Å². The van der Waals surface area contributed by atoms with E-state index in [0.29, 0.717) is 15.4 Å². The van der Waals surface area contributed by atoms with Gasteiger partial charge in [-0.25, -0.2) is 0 Å². The zero-order valence-corrected chi connectivity index (χ0v) is 13.9. The molecule has 0 amide bonds. The van der Waals surface area contributed by atoms with E-state index in [-0.39, 0.29) is 5.78 Å². The van der Waals surface area contributed by atoms with Gasteiger partial charge >= 0.3 is 0 Å². The number of carbonyl (C=O) groups excluding carboxylic acids is 1. The fraction of sp³-hybridized carbons (Fsp3) is 0.769. The molecule has 5 heteroatoms. The number of unbranched alkanes of at least 4 members (excludes halogenated alkanes) is 1. The maximum absolute atomic E-state index is 12.7. The zero-order chi connectivity index (χ0) is 15.3. The monoisotopic (exact) mass is 382 g/mol. The van der Waals surface area contributed by atoms with Crippen molar-refractivity contribution in [2.75, 3.05) is 14.2 Å². The van der Waals surface area contributed by atoms with Crippen LogP contribution in [0.3, 0.4) is 0 Å². The molecule has 1 saturated carbocycles. The first-order valence-corrected chi connectivity index (χ1v) is 7.59. The smallest absolute Gasteiger partial charge is 0.190 e. The third kappa shape index (κ3) is 1.78. The molecule has 0 saturated heterocycles. The minimum atomic E-state index is -1.73. The Morgan fingerprint density at radius 3 is 2.39 bits per heavy atom. The average molecular weight is 384 g/mol. The highest BCUT2D eigenvalue weighted by Gasteiger charge is 2.67. The van der Waals surface area contributed by atoms with Crippen molar-refractivity contribution >= 4 is 37.6 Å². The van der Waals surface area contributed by atoms with Crippen molar-refractivity contribution in [2.24, 2.45) is 17.7 Å². The van der Waals surface area contributed by atoms with Crippen LogP contribution in [0.2, 0.25) is 0 Å². The van der Waals surface area contributed by atoms with Crippen molar-refractivity contribution < 1.29 is 17.0 Å². The highest BCUT2D eigenvalue weighted by atomic mass is 79.9. The Labute approximate surface area is 127 Å². The normalized spacial score (nSPS) is 43.4. The maximum atomic E-state index is 12.7. The first kappa shape index (κ1) is 12.1. The first-order valence-electron chi connectivity index (χ1n) is 7.00. The van der Waals surface area contributed by atoms with Crippen molar-refractivity contribution in [2.45, 2.75) is 32.0 Å². The van der Waals surface area contributed by atoms with Gasteiger partial charge in [0.2, 0.25) is 0 Å². The molecule has 0 radical (unpaired) electrons. The molecule has 2 aliphatic carbocycles. The summed E-state index contributed by atoms with van der Waals surface area (Å²) in [6.07, 6.45) is 2.32. The van der Waals surface area contributed by atoms with Crippen LogP contribution in [0.4, 0.5) is 0 Å². The summed E-state index contributed by atoms with van der Waals surface area (Å²) in [4.78, 5) is 12.7. The van der Waals surface area contributed by atoms with Gasteiger partial charge in [-0.2, -0.15) is 0 Å². The van der Waals surface area contributed by atoms with E-state index in [4.69, 9.17) is 12.2 Å². The second kappa shape index (κ2) is 5.35. The van der Waals surface area contributed by atoms with E-state index in [9.17, 15) is 4.79 Å². The van der Waals surface area contributed by atoms with Gasteiger partial charge in [0.25, 0.3) is 0 Å². The summed E-state index contributed by atoms with van der Waals surface area (Å²) in [6.45, 7) is 2.03. The number of rotatable bonds is 5. The van der Waals surface area contributed by atoms with Crippen LogP contribution in [0.25, 0.3) is 0 Å². The lowest BCUT2D eigenvalue weighted by Crippen LogP contribution is -2.41. The topological polar surface area (TPSA) is 35.5 Å². The first-order chi connectivity index (χ1) is 9.29. The summed E-state index contributed by atoms with van der Waals surface area (Å²) in [6, 6.07) is 0. The van der Waals surface area contributed by atoms with Crippen molar-refractivity contribution in [3.05, 3.63) is 8.96 Å². The molecular formula is C13H18Br2O3. The van der Waals surface area contributed by atoms with Gasteiger partial charge in [0, 0.05) is 31.8 Å². The Morgan fingerprint density at radius 2 is 1.94 bits per heavy atom. The highest BCUT2D eigenvalue weighted by Crippen LogP contribution is 2.62. The second-order valence-electron chi connectivity index (χ2n) is 4.50. The molecule has 3 atom stereocenters. The van der Waals surface area contributed by atoms with Gasteiger partial charge in [-0.05, 0) is 6.42 Å². The molecule has 2 aliphatic rings. The van der Waals surface area contributed by atoms with E-state index in [2.05, 4.69) is 31.9 Å². The molecular weight excluding hydrogens is 364 g/mol. The molecule has 2 rings (SSSR count). The number of ketones is 1. The fourth-order valence-corrected chi connectivity index (χ4v) is 4.21. The van der Waals surface area contributed by atoms with Crippen molar-refractivity contribution in [3.8, 4) is 0 Å². The number of hydrogen-bond acceptors (Lipinski definition) is 3. The van der Waals surface area contributed by atoms with Crippen LogP contribution in [0.5, 0.6) is 0 Å². The molecule has 0 heterocycles. The summed E-state index contributed by atoms with van der Waals surface area (Å²) in [5.74, 6) is -5.68. The number of halogens is 2. The Bertz CT molecular complexity index is 478. The molecule has 0 aromatic rings. The number of ether oxygens (including phenoxy) is 2. The Balaban J connectivity index is 2.64. The summed E-state index contributed by atoms with van der Waals surface area (Å²) in [5.41, 5.74) is 0. The van der Waals surface area contributed by atoms with Gasteiger partial charge in [-0.1, -0.05) is 51.6 Å². The maximum Gasteiger partial charge on any atom is 0.190 e. The predicted octanol–water partition coefficient (Wildman–Crippen LogP) is 3.61. The van der Waals surface area contributed by atoms with Crippen LogP contribution in [0.15, 0.2) is 8.96 Å². The van der Waals surface area contributed by atoms with Gasteiger partial charge in [0.15, 0.2) is 5.79 Å². The Morgan fingerprint density at radius 1 is 1.33 bits per heavy atom. The summed E-state index contributed by atoms with van der Waals surface area (Å²) in [7, 11) is 2.77. The highest BCUT2D eigenvalue weighted by molar-refractivity contribution is 9.14. The van der Waals surface area contributed by atoms with E-state index in [0.717, 1.165) is 12.8 Å². The largest absolute Gasteiger partial charge is 0.351 e. The molecule has 0 aromatic carbocycles. The third-order valence-corrected chi connectivity index (χ3v) is 5.81. The Kier molecular flexibility index (Phi) is 3.58. The van der Waals surface area contributed by atoms with Crippen molar-refractivity contribution in [3.63, 3.8) is 0 Å². The third-order valence-electron chi connectivity index (χ3n) is 3.66. The van der Waals surface area contributed by atoms with E-state index in [1.165, 1.54) is 14.2 Å². The SMILES string of the molecule is [2H]C12C(=O)[C@@H](CCCC)C([2H])(C(Br)=C1Br)C2(OC)OC. The molecule has 0 N–H and O–H groups in total. The van der Waals surface area contributed by atoms with Gasteiger partial charge in [-0.3, -0.25) is 4.79 Å². The van der Waals surface area contributed by atoms with Gasteiger partial charge < -0.3 is 9.47 Å². The number of hydrogen-bond donors (Lipinski definition) is 0. The van der Waals surface area contributed by atoms with Crippen LogP contribution >= 0.6 is 31.9 Å². The molecule has 0 aliphatic heterocycles. The van der Waals surface area contributed by atoms with Gasteiger partial charge in [-0.15, -0.1) is 0 Å². The Hall–Kier alpha value is 0.290. The molecule has 0 spiro atoms. The van der Waals surface area contributed by atoms with Crippen LogP contribution in [-0.4, -0.2) is 25.8 Å². The van der Waals surface area contributed by atoms with E-state index in [1.807, 2.05) is 6.92 Å². The van der Waals surface area contributed by atoms with Crippen LogP contribution in [-0.2, 0) is 14.3 Å². The fourth-order valence-electron chi connectivity index (χ4n) is 2.80. The lowest BCUT2D eigenvalue weighted by molar-refractivity contribution is -0.232. The van der Waals surface area contributed by atoms with Gasteiger partial charge in [0.1, 0.15) is 11.7 Å². The molecule has 102 valence electrons. The van der Waals surface area contributed by atoms with E-state index in [1.54, 1.807) is 0 Å². The minimum Gasteiger partial charge on any atom is -0.351 e. The molecule has 2 unspecified atom stereocenters. The molecule has 0 aromatic heterocycles. The lowest BCUT2D eigenvalue weighted by atomic mass is 9.87. The summed E-state index contributed by atoms with van der Waals surface area (Å²) >= 11 is 6.67. The lowest BCUT2D eigenvalue weighted by Gasteiger charge is -2.32. The number of carbonyl (C=O) groups is 1.